The minimum Gasteiger partial charge on any atom is -0.379 e. The molecule has 1 saturated heterocycles. The predicted octanol–water partition coefficient (Wildman–Crippen LogP) is 2.32. The number of ether oxygens (including phenoxy) is 1. The van der Waals surface area contributed by atoms with Gasteiger partial charge in [-0.15, -0.1) is 0 Å². The summed E-state index contributed by atoms with van der Waals surface area (Å²) in [6, 6.07) is 19.6. The molecule has 1 aliphatic rings. The zero-order chi connectivity index (χ0) is 20.1. The molecular weight excluding hydrogens is 368 g/mol. The smallest absolute Gasteiger partial charge is 0.276 e. The van der Waals surface area contributed by atoms with Gasteiger partial charge in [-0.2, -0.15) is 9.78 Å². The lowest BCUT2D eigenvalue weighted by Gasteiger charge is -2.27. The van der Waals surface area contributed by atoms with E-state index >= 15 is 0 Å². The third-order valence-corrected chi connectivity index (χ3v) is 4.80. The SMILES string of the molecule is O=C(Nc1ccccc1CN1CCOCC1)c1ccc(=O)n(-c2ccccc2)n1. The quantitative estimate of drug-likeness (QED) is 0.724. The second-order valence-corrected chi connectivity index (χ2v) is 6.80. The third kappa shape index (κ3) is 4.59. The summed E-state index contributed by atoms with van der Waals surface area (Å²) in [6.45, 7) is 3.91. The molecule has 3 aromatic rings. The maximum atomic E-state index is 12.8. The van der Waals surface area contributed by atoms with Crippen LogP contribution in [0.25, 0.3) is 5.69 Å². The van der Waals surface area contributed by atoms with Crippen molar-refractivity contribution in [3.8, 4) is 5.69 Å². The Morgan fingerprint density at radius 2 is 1.69 bits per heavy atom. The van der Waals surface area contributed by atoms with Crippen molar-refractivity contribution in [1.82, 2.24) is 14.7 Å². The largest absolute Gasteiger partial charge is 0.379 e. The van der Waals surface area contributed by atoms with Crippen molar-refractivity contribution < 1.29 is 9.53 Å². The Morgan fingerprint density at radius 3 is 2.48 bits per heavy atom. The van der Waals surface area contributed by atoms with Gasteiger partial charge in [-0.3, -0.25) is 14.5 Å². The van der Waals surface area contributed by atoms with E-state index in [9.17, 15) is 9.59 Å². The lowest BCUT2D eigenvalue weighted by Crippen LogP contribution is -2.35. The van der Waals surface area contributed by atoms with Gasteiger partial charge in [-0.05, 0) is 29.8 Å². The van der Waals surface area contributed by atoms with E-state index < -0.39 is 0 Å². The maximum absolute atomic E-state index is 12.8. The number of carbonyl (C=O) groups excluding carboxylic acids is 1. The third-order valence-electron chi connectivity index (χ3n) is 4.80. The van der Waals surface area contributed by atoms with E-state index in [1.54, 1.807) is 12.1 Å². The van der Waals surface area contributed by atoms with Crippen LogP contribution in [0, 0.1) is 0 Å². The van der Waals surface area contributed by atoms with E-state index in [1.807, 2.05) is 42.5 Å². The molecule has 4 rings (SSSR count). The molecule has 0 atom stereocenters. The van der Waals surface area contributed by atoms with Crippen LogP contribution >= 0.6 is 0 Å². The highest BCUT2D eigenvalue weighted by Crippen LogP contribution is 2.18. The number of anilines is 1. The van der Waals surface area contributed by atoms with Crippen molar-refractivity contribution in [2.75, 3.05) is 31.6 Å². The predicted molar refractivity (Wildman–Crippen MR) is 110 cm³/mol. The van der Waals surface area contributed by atoms with Crippen LogP contribution in [0.15, 0.2) is 71.5 Å². The Balaban J connectivity index is 1.55. The summed E-state index contributed by atoms with van der Waals surface area (Å²) in [6.07, 6.45) is 0. The van der Waals surface area contributed by atoms with Crippen LogP contribution in [-0.2, 0) is 11.3 Å². The van der Waals surface area contributed by atoms with Crippen molar-refractivity contribution in [3.05, 3.63) is 88.3 Å². The second-order valence-electron chi connectivity index (χ2n) is 6.80. The van der Waals surface area contributed by atoms with Crippen LogP contribution in [0.5, 0.6) is 0 Å². The zero-order valence-corrected chi connectivity index (χ0v) is 16.0. The molecule has 1 aromatic heterocycles. The fraction of sp³-hybridized carbons (Fsp3) is 0.227. The van der Waals surface area contributed by atoms with Gasteiger partial charge in [0.05, 0.1) is 18.9 Å². The molecule has 7 nitrogen and oxygen atoms in total. The van der Waals surface area contributed by atoms with Crippen LogP contribution in [0.3, 0.4) is 0 Å². The zero-order valence-electron chi connectivity index (χ0n) is 16.0. The van der Waals surface area contributed by atoms with Gasteiger partial charge in [0.1, 0.15) is 5.69 Å². The molecule has 0 spiro atoms. The molecule has 7 heteroatoms. The van der Waals surface area contributed by atoms with E-state index in [0.717, 1.165) is 44.1 Å². The highest BCUT2D eigenvalue weighted by Gasteiger charge is 2.16. The first-order valence-electron chi connectivity index (χ1n) is 9.56. The summed E-state index contributed by atoms with van der Waals surface area (Å²) < 4.78 is 6.63. The molecule has 1 fully saturated rings. The van der Waals surface area contributed by atoms with E-state index in [4.69, 9.17) is 4.74 Å². The lowest BCUT2D eigenvalue weighted by molar-refractivity contribution is 0.0342. The number of rotatable bonds is 5. The van der Waals surface area contributed by atoms with Crippen molar-refractivity contribution in [1.29, 1.82) is 0 Å². The van der Waals surface area contributed by atoms with Crippen molar-refractivity contribution in [3.63, 3.8) is 0 Å². The van der Waals surface area contributed by atoms with Crippen molar-refractivity contribution >= 4 is 11.6 Å². The van der Waals surface area contributed by atoms with Crippen LogP contribution in [0.4, 0.5) is 5.69 Å². The number of morpholine rings is 1. The van der Waals surface area contributed by atoms with Crippen LogP contribution in [0.2, 0.25) is 0 Å². The molecule has 0 aliphatic carbocycles. The van der Waals surface area contributed by atoms with Gasteiger partial charge in [-0.25, -0.2) is 0 Å². The number of carbonyl (C=O) groups is 1. The fourth-order valence-electron chi connectivity index (χ4n) is 3.25. The maximum Gasteiger partial charge on any atom is 0.276 e. The minimum absolute atomic E-state index is 0.176. The second kappa shape index (κ2) is 8.81. The normalized spacial score (nSPS) is 14.5. The number of amides is 1. The summed E-state index contributed by atoms with van der Waals surface area (Å²) in [4.78, 5) is 27.3. The summed E-state index contributed by atoms with van der Waals surface area (Å²) in [5.41, 5.74) is 2.26. The molecular formula is C22H22N4O3. The van der Waals surface area contributed by atoms with Gasteiger partial charge >= 0.3 is 0 Å². The number of hydrogen-bond donors (Lipinski definition) is 1. The number of para-hydroxylation sites is 2. The Kier molecular flexibility index (Phi) is 5.79. The molecule has 0 unspecified atom stereocenters. The Morgan fingerprint density at radius 1 is 0.966 bits per heavy atom. The van der Waals surface area contributed by atoms with Gasteiger partial charge in [0.2, 0.25) is 0 Å². The first kappa shape index (κ1) is 19.0. The van der Waals surface area contributed by atoms with Crippen LogP contribution in [-0.4, -0.2) is 46.9 Å². The number of benzene rings is 2. The molecule has 2 aromatic carbocycles. The van der Waals surface area contributed by atoms with Gasteiger partial charge < -0.3 is 10.1 Å². The molecule has 1 amide bonds. The van der Waals surface area contributed by atoms with Gasteiger partial charge in [0.25, 0.3) is 11.5 Å². The Bertz CT molecular complexity index is 1040. The minimum atomic E-state index is -0.357. The number of nitrogens with zero attached hydrogens (tertiary/aromatic N) is 3. The van der Waals surface area contributed by atoms with E-state index in [2.05, 4.69) is 15.3 Å². The van der Waals surface area contributed by atoms with E-state index in [0.29, 0.717) is 5.69 Å². The van der Waals surface area contributed by atoms with Crippen molar-refractivity contribution in [2.24, 2.45) is 0 Å². The monoisotopic (exact) mass is 390 g/mol. The highest BCUT2D eigenvalue weighted by molar-refractivity contribution is 6.03. The molecule has 29 heavy (non-hydrogen) atoms. The Labute approximate surface area is 168 Å². The number of aromatic nitrogens is 2. The molecule has 148 valence electrons. The summed E-state index contributed by atoms with van der Waals surface area (Å²) in [5, 5.41) is 7.19. The molecule has 1 N–H and O–H groups in total. The van der Waals surface area contributed by atoms with Gasteiger partial charge in [0.15, 0.2) is 0 Å². The first-order valence-corrected chi connectivity index (χ1v) is 9.56. The summed E-state index contributed by atoms with van der Waals surface area (Å²) in [7, 11) is 0. The molecule has 1 aliphatic heterocycles. The number of nitrogens with one attached hydrogen (secondary N) is 1. The van der Waals surface area contributed by atoms with Crippen molar-refractivity contribution in [2.45, 2.75) is 6.54 Å². The van der Waals surface area contributed by atoms with E-state index in [1.165, 1.54) is 16.8 Å². The van der Waals surface area contributed by atoms with Crippen LogP contribution < -0.4 is 10.9 Å². The standard InChI is InChI=1S/C22H22N4O3/c27-21-11-10-20(24-26(21)18-7-2-1-3-8-18)22(28)23-19-9-5-4-6-17(19)16-25-12-14-29-15-13-25/h1-11H,12-16H2,(H,23,28). The Hall–Kier alpha value is -3.29. The first-order chi connectivity index (χ1) is 14.2. The van der Waals surface area contributed by atoms with Gasteiger partial charge in [-0.1, -0.05) is 36.4 Å². The summed E-state index contributed by atoms with van der Waals surface area (Å²) >= 11 is 0. The van der Waals surface area contributed by atoms with Gasteiger partial charge in [0, 0.05) is 31.4 Å². The van der Waals surface area contributed by atoms with Crippen LogP contribution in [0.1, 0.15) is 16.1 Å². The molecule has 0 saturated carbocycles. The highest BCUT2D eigenvalue weighted by atomic mass is 16.5. The van der Waals surface area contributed by atoms with E-state index in [-0.39, 0.29) is 17.2 Å². The molecule has 2 heterocycles. The summed E-state index contributed by atoms with van der Waals surface area (Å²) in [5.74, 6) is -0.357. The fourth-order valence-corrected chi connectivity index (χ4v) is 3.25. The number of hydrogen-bond acceptors (Lipinski definition) is 5. The molecule has 0 radical (unpaired) electrons. The lowest BCUT2D eigenvalue weighted by atomic mass is 10.1. The molecule has 0 bridgehead atoms. The topological polar surface area (TPSA) is 76.5 Å². The average molecular weight is 390 g/mol. The average Bonchev–Trinajstić information content (AvgIpc) is 2.77.